The van der Waals surface area contributed by atoms with Gasteiger partial charge in [0.05, 0.1) is 10.0 Å². The zero-order chi connectivity index (χ0) is 23.8. The molecule has 3 aromatic carbocycles. The van der Waals surface area contributed by atoms with E-state index in [1.54, 1.807) is 25.2 Å². The van der Waals surface area contributed by atoms with E-state index in [-0.39, 0.29) is 25.0 Å². The van der Waals surface area contributed by atoms with Crippen molar-refractivity contribution in [2.75, 3.05) is 13.7 Å². The molecular weight excluding hydrogens is 459 g/mol. The maximum atomic E-state index is 13.4. The van der Waals surface area contributed by atoms with Gasteiger partial charge in [0.2, 0.25) is 5.91 Å². The molecule has 0 bridgehead atoms. The Hall–Kier alpha value is -3.02. The molecule has 0 aliphatic heterocycles. The lowest BCUT2D eigenvalue weighted by molar-refractivity contribution is -0.142. The average Bonchev–Trinajstić information content (AvgIpc) is 2.83. The van der Waals surface area contributed by atoms with Gasteiger partial charge in [0.15, 0.2) is 6.61 Å². The summed E-state index contributed by atoms with van der Waals surface area (Å²) in [5, 5.41) is 3.50. The molecule has 33 heavy (non-hydrogen) atoms. The van der Waals surface area contributed by atoms with Gasteiger partial charge in [-0.1, -0.05) is 77.8 Å². The summed E-state index contributed by atoms with van der Waals surface area (Å²) in [6.07, 6.45) is 0.359. The fourth-order valence-electron chi connectivity index (χ4n) is 3.50. The van der Waals surface area contributed by atoms with E-state index in [1.807, 2.05) is 61.5 Å². The molecule has 3 aromatic rings. The number of halogens is 2. The van der Waals surface area contributed by atoms with E-state index in [2.05, 4.69) is 5.32 Å². The molecule has 1 N–H and O–H groups in total. The van der Waals surface area contributed by atoms with Gasteiger partial charge in [-0.25, -0.2) is 0 Å². The van der Waals surface area contributed by atoms with Gasteiger partial charge in [-0.2, -0.15) is 0 Å². The molecule has 172 valence electrons. The van der Waals surface area contributed by atoms with E-state index in [1.165, 1.54) is 4.90 Å². The number of para-hydroxylation sites is 1. The highest BCUT2D eigenvalue weighted by atomic mass is 35.5. The lowest BCUT2D eigenvalue weighted by atomic mass is 10.0. The summed E-state index contributed by atoms with van der Waals surface area (Å²) >= 11 is 12.3. The van der Waals surface area contributed by atoms with Gasteiger partial charge in [-0.3, -0.25) is 9.59 Å². The number of nitrogens with zero attached hydrogens (tertiary/aromatic N) is 1. The van der Waals surface area contributed by atoms with Crippen LogP contribution in [-0.4, -0.2) is 36.4 Å². The minimum absolute atomic E-state index is 0.178. The van der Waals surface area contributed by atoms with Gasteiger partial charge < -0.3 is 15.0 Å². The highest BCUT2D eigenvalue weighted by molar-refractivity contribution is 6.42. The van der Waals surface area contributed by atoms with Crippen molar-refractivity contribution in [1.82, 2.24) is 10.2 Å². The Bertz CT molecular complexity index is 1110. The number of amides is 2. The minimum Gasteiger partial charge on any atom is -0.484 e. The smallest absolute Gasteiger partial charge is 0.261 e. The van der Waals surface area contributed by atoms with Gasteiger partial charge >= 0.3 is 0 Å². The quantitative estimate of drug-likeness (QED) is 0.461. The second-order valence-electron chi connectivity index (χ2n) is 7.64. The van der Waals surface area contributed by atoms with Gasteiger partial charge in [-0.05, 0) is 41.8 Å². The van der Waals surface area contributed by atoms with E-state index in [0.717, 1.165) is 16.7 Å². The van der Waals surface area contributed by atoms with E-state index >= 15 is 0 Å². The van der Waals surface area contributed by atoms with Crippen LogP contribution < -0.4 is 10.1 Å². The first-order chi connectivity index (χ1) is 15.9. The van der Waals surface area contributed by atoms with Crippen LogP contribution in [0.5, 0.6) is 5.75 Å². The highest BCUT2D eigenvalue weighted by Gasteiger charge is 2.30. The van der Waals surface area contributed by atoms with Crippen LogP contribution in [0.4, 0.5) is 0 Å². The lowest BCUT2D eigenvalue weighted by Crippen LogP contribution is -2.51. The molecule has 2 amide bonds. The molecule has 0 heterocycles. The Labute approximate surface area is 204 Å². The van der Waals surface area contributed by atoms with Gasteiger partial charge in [0.1, 0.15) is 11.8 Å². The number of rotatable bonds is 9. The normalized spacial score (nSPS) is 11.5. The summed E-state index contributed by atoms with van der Waals surface area (Å²) < 4.78 is 5.80. The Kier molecular flexibility index (Phi) is 8.75. The van der Waals surface area contributed by atoms with Crippen molar-refractivity contribution in [3.8, 4) is 5.75 Å². The molecule has 7 heteroatoms. The fraction of sp³-hybridized carbons (Fsp3) is 0.231. The Morgan fingerprint density at radius 3 is 2.30 bits per heavy atom. The number of nitrogens with one attached hydrogen (secondary N) is 1. The van der Waals surface area contributed by atoms with Crippen molar-refractivity contribution in [3.63, 3.8) is 0 Å². The minimum atomic E-state index is -0.736. The highest BCUT2D eigenvalue weighted by Crippen LogP contribution is 2.24. The fourth-order valence-corrected chi connectivity index (χ4v) is 3.82. The van der Waals surface area contributed by atoms with Gasteiger partial charge in [0, 0.05) is 20.0 Å². The molecule has 0 saturated heterocycles. The Balaban J connectivity index is 1.90. The first kappa shape index (κ1) is 24.6. The first-order valence-corrected chi connectivity index (χ1v) is 11.3. The zero-order valence-electron chi connectivity index (χ0n) is 18.6. The SMILES string of the molecule is CNC(=O)C(Cc1ccccc1)N(Cc1ccc(Cl)c(Cl)c1)C(=O)COc1ccccc1C. The molecule has 1 atom stereocenters. The molecular formula is C26H26Cl2N2O3. The zero-order valence-corrected chi connectivity index (χ0v) is 20.1. The van der Waals surface area contributed by atoms with E-state index < -0.39 is 6.04 Å². The molecule has 0 spiro atoms. The third kappa shape index (κ3) is 6.73. The van der Waals surface area contributed by atoms with E-state index in [4.69, 9.17) is 27.9 Å². The molecule has 1 unspecified atom stereocenters. The van der Waals surface area contributed by atoms with Crippen molar-refractivity contribution in [2.45, 2.75) is 25.9 Å². The number of benzene rings is 3. The Morgan fingerprint density at radius 1 is 0.939 bits per heavy atom. The van der Waals surface area contributed by atoms with Gasteiger partial charge in [0.25, 0.3) is 5.91 Å². The molecule has 0 aliphatic carbocycles. The number of carbonyl (C=O) groups excluding carboxylic acids is 2. The summed E-state index contributed by atoms with van der Waals surface area (Å²) in [7, 11) is 1.56. The third-order valence-corrected chi connectivity index (χ3v) is 6.04. The summed E-state index contributed by atoms with van der Waals surface area (Å²) in [5.74, 6) is 0.0527. The molecule has 0 radical (unpaired) electrons. The second-order valence-corrected chi connectivity index (χ2v) is 8.46. The summed E-state index contributed by atoms with van der Waals surface area (Å²) in [4.78, 5) is 27.8. The van der Waals surface area contributed by atoms with Crippen LogP contribution in [-0.2, 0) is 22.6 Å². The predicted molar refractivity (Wildman–Crippen MR) is 132 cm³/mol. The number of hydrogen-bond donors (Lipinski definition) is 1. The van der Waals surface area contributed by atoms with Crippen LogP contribution in [0.25, 0.3) is 0 Å². The Morgan fingerprint density at radius 2 is 1.64 bits per heavy atom. The van der Waals surface area contributed by atoms with E-state index in [9.17, 15) is 9.59 Å². The van der Waals surface area contributed by atoms with Crippen molar-refractivity contribution < 1.29 is 14.3 Å². The predicted octanol–water partition coefficient (Wildman–Crippen LogP) is 5.07. The van der Waals surface area contributed by atoms with E-state index in [0.29, 0.717) is 22.2 Å². The largest absolute Gasteiger partial charge is 0.484 e. The van der Waals surface area contributed by atoms with Crippen LogP contribution in [0.2, 0.25) is 10.0 Å². The maximum Gasteiger partial charge on any atom is 0.261 e. The summed E-state index contributed by atoms with van der Waals surface area (Å²) in [6.45, 7) is 1.89. The van der Waals surface area contributed by atoms with Crippen molar-refractivity contribution in [1.29, 1.82) is 0 Å². The second kappa shape index (κ2) is 11.7. The topological polar surface area (TPSA) is 58.6 Å². The molecule has 3 rings (SSSR count). The number of hydrogen-bond acceptors (Lipinski definition) is 3. The average molecular weight is 485 g/mol. The standard InChI is InChI=1S/C26H26Cl2N2O3/c1-18-8-6-7-11-24(18)33-17-25(31)30(16-20-12-13-21(27)22(28)14-20)23(26(32)29-2)15-19-9-4-3-5-10-19/h3-14,23H,15-17H2,1-2H3,(H,29,32). The van der Waals surface area contributed by atoms with Crippen LogP contribution in [0, 0.1) is 6.92 Å². The van der Waals surface area contributed by atoms with Gasteiger partial charge in [-0.15, -0.1) is 0 Å². The van der Waals surface area contributed by atoms with Crippen LogP contribution >= 0.6 is 23.2 Å². The summed E-state index contributed by atoms with van der Waals surface area (Å²) in [6, 6.07) is 21.5. The van der Waals surface area contributed by atoms with Crippen LogP contribution in [0.1, 0.15) is 16.7 Å². The number of aryl methyl sites for hydroxylation is 1. The molecule has 5 nitrogen and oxygen atoms in total. The number of carbonyl (C=O) groups is 2. The molecule has 0 saturated carbocycles. The number of ether oxygens (including phenoxy) is 1. The van der Waals surface area contributed by atoms with Crippen molar-refractivity contribution in [2.24, 2.45) is 0 Å². The van der Waals surface area contributed by atoms with Crippen molar-refractivity contribution >= 4 is 35.0 Å². The van der Waals surface area contributed by atoms with Crippen molar-refractivity contribution in [3.05, 3.63) is 99.5 Å². The monoisotopic (exact) mass is 484 g/mol. The van der Waals surface area contributed by atoms with Crippen LogP contribution in [0.3, 0.4) is 0 Å². The summed E-state index contributed by atoms with van der Waals surface area (Å²) in [5.41, 5.74) is 2.63. The first-order valence-electron chi connectivity index (χ1n) is 10.6. The maximum absolute atomic E-state index is 13.4. The molecule has 0 aromatic heterocycles. The molecule has 0 aliphatic rings. The molecule has 0 fully saturated rings. The lowest BCUT2D eigenvalue weighted by Gasteiger charge is -2.31. The third-order valence-electron chi connectivity index (χ3n) is 5.30. The number of likely N-dealkylation sites (N-methyl/N-ethyl adjacent to an activating group) is 1. The van der Waals surface area contributed by atoms with Crippen LogP contribution in [0.15, 0.2) is 72.8 Å².